The summed E-state index contributed by atoms with van der Waals surface area (Å²) in [6.07, 6.45) is 0. The van der Waals surface area contributed by atoms with Crippen LogP contribution in [0.4, 0.5) is 0 Å². The van der Waals surface area contributed by atoms with Gasteiger partial charge >= 0.3 is 5.97 Å². The molecule has 6 heteroatoms. The fourth-order valence-electron chi connectivity index (χ4n) is 1.68. The van der Waals surface area contributed by atoms with Crippen molar-refractivity contribution in [2.24, 2.45) is 0 Å². The number of hydrogen-bond acceptors (Lipinski definition) is 5. The van der Waals surface area contributed by atoms with Gasteiger partial charge in [-0.3, -0.25) is 9.59 Å². The molecule has 0 bridgehead atoms. The highest BCUT2D eigenvalue weighted by molar-refractivity contribution is 6.21. The number of hydroxylamine groups is 2. The summed E-state index contributed by atoms with van der Waals surface area (Å²) < 4.78 is 0. The second kappa shape index (κ2) is 3.99. The summed E-state index contributed by atoms with van der Waals surface area (Å²) in [6, 6.07) is 4.52. The number of carbonyl (C=O) groups excluding carboxylic acids is 3. The third kappa shape index (κ3) is 1.68. The molecule has 0 atom stereocenters. The highest BCUT2D eigenvalue weighted by Gasteiger charge is 2.39. The lowest BCUT2D eigenvalue weighted by molar-refractivity contribution is -0.165. The van der Waals surface area contributed by atoms with Crippen molar-refractivity contribution < 1.29 is 24.3 Å². The molecular weight excluding hydrogens is 226 g/mol. The Balaban J connectivity index is 2.49. The van der Waals surface area contributed by atoms with Crippen molar-refractivity contribution in [2.45, 2.75) is 13.5 Å². The van der Waals surface area contributed by atoms with Crippen molar-refractivity contribution >= 4 is 17.8 Å². The second-order valence-corrected chi connectivity index (χ2v) is 3.49. The molecule has 2 rings (SSSR count). The molecule has 0 unspecified atom stereocenters. The number of nitrogens with zero attached hydrogens (tertiary/aromatic N) is 1. The van der Waals surface area contributed by atoms with Gasteiger partial charge in [0, 0.05) is 6.92 Å². The second-order valence-electron chi connectivity index (χ2n) is 3.49. The predicted molar refractivity (Wildman–Crippen MR) is 54.6 cm³/mol. The standard InChI is InChI=1S/C11H9NO5/c1-6(14)17-12-10(15)8-4-2-3-7(5-13)9(8)11(12)16/h2-4,13H,5H2,1H3. The number of hydrogen-bond donors (Lipinski definition) is 1. The summed E-state index contributed by atoms with van der Waals surface area (Å²) in [4.78, 5) is 38.9. The molecule has 0 saturated heterocycles. The summed E-state index contributed by atoms with van der Waals surface area (Å²) in [5.74, 6) is -2.19. The Bertz CT molecular complexity index is 523. The molecule has 17 heavy (non-hydrogen) atoms. The van der Waals surface area contributed by atoms with Gasteiger partial charge in [0.1, 0.15) is 0 Å². The minimum absolute atomic E-state index is 0.0845. The molecule has 2 amide bonds. The Hall–Kier alpha value is -2.21. The highest BCUT2D eigenvalue weighted by Crippen LogP contribution is 2.26. The van der Waals surface area contributed by atoms with Gasteiger partial charge in [-0.1, -0.05) is 17.2 Å². The van der Waals surface area contributed by atoms with Gasteiger partial charge in [-0.2, -0.15) is 0 Å². The van der Waals surface area contributed by atoms with E-state index in [1.165, 1.54) is 12.1 Å². The van der Waals surface area contributed by atoms with Crippen molar-refractivity contribution in [1.29, 1.82) is 0 Å². The van der Waals surface area contributed by atoms with Crippen LogP contribution in [0.15, 0.2) is 18.2 Å². The first-order valence-corrected chi connectivity index (χ1v) is 4.86. The van der Waals surface area contributed by atoms with Crippen LogP contribution in [0.25, 0.3) is 0 Å². The Morgan fingerprint density at radius 1 is 1.35 bits per heavy atom. The largest absolute Gasteiger partial charge is 0.392 e. The summed E-state index contributed by atoms with van der Waals surface area (Å²) >= 11 is 0. The SMILES string of the molecule is CC(=O)ON1C(=O)c2cccc(CO)c2C1=O. The van der Waals surface area contributed by atoms with Gasteiger partial charge in [0.2, 0.25) is 0 Å². The van der Waals surface area contributed by atoms with E-state index in [2.05, 4.69) is 4.84 Å². The average Bonchev–Trinajstić information content (AvgIpc) is 2.54. The van der Waals surface area contributed by atoms with E-state index in [-0.39, 0.29) is 17.7 Å². The first-order chi connectivity index (χ1) is 8.06. The maximum atomic E-state index is 11.8. The van der Waals surface area contributed by atoms with E-state index >= 15 is 0 Å². The fraction of sp³-hybridized carbons (Fsp3) is 0.182. The van der Waals surface area contributed by atoms with Gasteiger partial charge in [0.25, 0.3) is 11.8 Å². The summed E-state index contributed by atoms with van der Waals surface area (Å²) in [6.45, 7) is 0.729. The summed E-state index contributed by atoms with van der Waals surface area (Å²) in [5, 5.41) is 9.49. The Labute approximate surface area is 96.4 Å². The van der Waals surface area contributed by atoms with Crippen LogP contribution in [0.1, 0.15) is 33.2 Å². The van der Waals surface area contributed by atoms with Crippen LogP contribution >= 0.6 is 0 Å². The van der Waals surface area contributed by atoms with E-state index in [9.17, 15) is 14.4 Å². The van der Waals surface area contributed by atoms with Gasteiger partial charge in [0.15, 0.2) is 0 Å². The molecule has 0 aromatic heterocycles. The maximum Gasteiger partial charge on any atom is 0.330 e. The number of benzene rings is 1. The van der Waals surface area contributed by atoms with Crippen LogP contribution in [-0.2, 0) is 16.2 Å². The van der Waals surface area contributed by atoms with Crippen molar-refractivity contribution in [2.75, 3.05) is 0 Å². The molecule has 1 aliphatic rings. The van der Waals surface area contributed by atoms with Crippen LogP contribution < -0.4 is 0 Å². The van der Waals surface area contributed by atoms with Crippen LogP contribution in [0.5, 0.6) is 0 Å². The van der Waals surface area contributed by atoms with Crippen molar-refractivity contribution in [1.82, 2.24) is 5.06 Å². The molecule has 88 valence electrons. The minimum Gasteiger partial charge on any atom is -0.392 e. The normalized spacial score (nSPS) is 13.9. The molecule has 1 N–H and O–H groups in total. The number of rotatable bonds is 2. The lowest BCUT2D eigenvalue weighted by Crippen LogP contribution is -2.31. The highest BCUT2D eigenvalue weighted by atomic mass is 16.7. The van der Waals surface area contributed by atoms with Crippen LogP contribution in [0.3, 0.4) is 0 Å². The number of aliphatic hydroxyl groups is 1. The topological polar surface area (TPSA) is 83.9 Å². The van der Waals surface area contributed by atoms with Gasteiger partial charge in [0.05, 0.1) is 17.7 Å². The zero-order chi connectivity index (χ0) is 12.6. The number of amides is 2. The smallest absolute Gasteiger partial charge is 0.330 e. The first kappa shape index (κ1) is 11.3. The van der Waals surface area contributed by atoms with Gasteiger partial charge in [-0.05, 0) is 11.6 Å². The molecule has 1 heterocycles. The van der Waals surface area contributed by atoms with E-state index in [0.29, 0.717) is 10.6 Å². The van der Waals surface area contributed by atoms with Crippen molar-refractivity contribution in [3.63, 3.8) is 0 Å². The van der Waals surface area contributed by atoms with Crippen molar-refractivity contribution in [3.8, 4) is 0 Å². The summed E-state index contributed by atoms with van der Waals surface area (Å²) in [7, 11) is 0. The van der Waals surface area contributed by atoms with Crippen LogP contribution in [-0.4, -0.2) is 28.0 Å². The third-order valence-corrected chi connectivity index (χ3v) is 2.35. The molecule has 0 aliphatic carbocycles. The fourth-order valence-corrected chi connectivity index (χ4v) is 1.68. The Kier molecular flexibility index (Phi) is 2.64. The number of fused-ring (bicyclic) bond motifs is 1. The monoisotopic (exact) mass is 235 g/mol. The molecule has 0 fully saturated rings. The predicted octanol–water partition coefficient (Wildman–Crippen LogP) is 0.253. The molecular formula is C11H9NO5. The quantitative estimate of drug-likeness (QED) is 0.743. The van der Waals surface area contributed by atoms with Crippen LogP contribution in [0, 0.1) is 0 Å². The Morgan fingerprint density at radius 2 is 2.06 bits per heavy atom. The van der Waals surface area contributed by atoms with Gasteiger partial charge in [-0.15, -0.1) is 0 Å². The minimum atomic E-state index is -0.759. The van der Waals surface area contributed by atoms with E-state index < -0.39 is 17.8 Å². The molecule has 6 nitrogen and oxygen atoms in total. The zero-order valence-corrected chi connectivity index (χ0v) is 8.97. The zero-order valence-electron chi connectivity index (χ0n) is 8.97. The number of aliphatic hydroxyl groups excluding tert-OH is 1. The lowest BCUT2D eigenvalue weighted by Gasteiger charge is -2.10. The van der Waals surface area contributed by atoms with E-state index in [0.717, 1.165) is 6.92 Å². The first-order valence-electron chi connectivity index (χ1n) is 4.86. The number of imide groups is 1. The Morgan fingerprint density at radius 3 is 2.65 bits per heavy atom. The van der Waals surface area contributed by atoms with Gasteiger partial charge < -0.3 is 9.94 Å². The van der Waals surface area contributed by atoms with E-state index in [4.69, 9.17) is 5.11 Å². The van der Waals surface area contributed by atoms with E-state index in [1.54, 1.807) is 6.07 Å². The summed E-state index contributed by atoms with van der Waals surface area (Å²) in [5.41, 5.74) is 0.541. The molecule has 0 saturated carbocycles. The average molecular weight is 235 g/mol. The molecule has 0 radical (unpaired) electrons. The van der Waals surface area contributed by atoms with Crippen LogP contribution in [0.2, 0.25) is 0 Å². The molecule has 1 aliphatic heterocycles. The van der Waals surface area contributed by atoms with Gasteiger partial charge in [-0.25, -0.2) is 4.79 Å². The maximum absolute atomic E-state index is 11.8. The molecule has 1 aromatic rings. The van der Waals surface area contributed by atoms with E-state index in [1.807, 2.05) is 0 Å². The lowest BCUT2D eigenvalue weighted by atomic mass is 10.0. The molecule has 1 aromatic carbocycles. The van der Waals surface area contributed by atoms with Crippen molar-refractivity contribution in [3.05, 3.63) is 34.9 Å². The molecule has 0 spiro atoms. The third-order valence-electron chi connectivity index (χ3n) is 2.35. The number of carbonyl (C=O) groups is 3.